The Morgan fingerprint density at radius 1 is 1.47 bits per heavy atom. The van der Waals surface area contributed by atoms with Gasteiger partial charge in [-0.2, -0.15) is 0 Å². The van der Waals surface area contributed by atoms with Crippen molar-refractivity contribution in [3.8, 4) is 0 Å². The number of methoxy groups -OCH3 is 1. The second-order valence-electron chi connectivity index (χ2n) is 4.84. The zero-order chi connectivity index (χ0) is 12.8. The van der Waals surface area contributed by atoms with Crippen molar-refractivity contribution < 1.29 is 14.3 Å². The number of rotatable bonds is 4. The lowest BCUT2D eigenvalue weighted by Gasteiger charge is -2.33. The van der Waals surface area contributed by atoms with Crippen LogP contribution >= 0.6 is 0 Å². The minimum absolute atomic E-state index is 0.0661. The minimum Gasteiger partial charge on any atom is -0.469 e. The van der Waals surface area contributed by atoms with Crippen LogP contribution < -0.4 is 0 Å². The fourth-order valence-corrected chi connectivity index (χ4v) is 2.40. The number of carbonyl (C=O) groups is 2. The van der Waals surface area contributed by atoms with Gasteiger partial charge in [-0.1, -0.05) is 20.3 Å². The lowest BCUT2D eigenvalue weighted by Crippen LogP contribution is -2.44. The highest BCUT2D eigenvalue weighted by Crippen LogP contribution is 2.20. The van der Waals surface area contributed by atoms with Gasteiger partial charge in [0.05, 0.1) is 13.0 Å². The fourth-order valence-electron chi connectivity index (χ4n) is 2.40. The van der Waals surface area contributed by atoms with Gasteiger partial charge in [-0.05, 0) is 19.3 Å². The van der Waals surface area contributed by atoms with E-state index >= 15 is 0 Å². The van der Waals surface area contributed by atoms with Gasteiger partial charge in [0.15, 0.2) is 0 Å². The van der Waals surface area contributed by atoms with Crippen molar-refractivity contribution in [3.05, 3.63) is 0 Å². The molecule has 0 aromatic heterocycles. The molecular formula is C13H23NO3. The Bertz CT molecular complexity index is 278. The number of nitrogens with zero attached hydrogens (tertiary/aromatic N) is 1. The number of hydrogen-bond donors (Lipinski definition) is 0. The van der Waals surface area contributed by atoms with Gasteiger partial charge in [0, 0.05) is 19.0 Å². The molecule has 1 aliphatic rings. The van der Waals surface area contributed by atoms with Crippen LogP contribution in [-0.4, -0.2) is 37.0 Å². The van der Waals surface area contributed by atoms with Crippen LogP contribution in [0.15, 0.2) is 0 Å². The molecule has 2 atom stereocenters. The van der Waals surface area contributed by atoms with Gasteiger partial charge in [0.1, 0.15) is 0 Å². The van der Waals surface area contributed by atoms with Crippen molar-refractivity contribution in [2.45, 2.75) is 39.5 Å². The van der Waals surface area contributed by atoms with E-state index in [4.69, 9.17) is 4.74 Å². The zero-order valence-electron chi connectivity index (χ0n) is 11.1. The molecule has 1 fully saturated rings. The molecule has 0 aromatic carbocycles. The van der Waals surface area contributed by atoms with Crippen molar-refractivity contribution in [1.29, 1.82) is 0 Å². The van der Waals surface area contributed by atoms with E-state index in [1.54, 1.807) is 0 Å². The Labute approximate surface area is 103 Å². The normalized spacial score (nSPS) is 22.1. The summed E-state index contributed by atoms with van der Waals surface area (Å²) in [6.45, 7) is 5.35. The van der Waals surface area contributed by atoms with Crippen LogP contribution in [0.4, 0.5) is 0 Å². The van der Waals surface area contributed by atoms with Crippen LogP contribution in [0.1, 0.15) is 39.5 Å². The first-order valence-corrected chi connectivity index (χ1v) is 6.46. The summed E-state index contributed by atoms with van der Waals surface area (Å²) >= 11 is 0. The molecule has 0 radical (unpaired) electrons. The number of carbonyl (C=O) groups excluding carboxylic acids is 2. The van der Waals surface area contributed by atoms with Gasteiger partial charge in [-0.3, -0.25) is 9.59 Å². The first-order valence-electron chi connectivity index (χ1n) is 6.46. The number of ether oxygens (including phenoxy) is 1. The first kappa shape index (κ1) is 14.0. The molecule has 1 saturated heterocycles. The van der Waals surface area contributed by atoms with Gasteiger partial charge >= 0.3 is 5.97 Å². The lowest BCUT2D eigenvalue weighted by molar-refractivity contribution is -0.149. The average Bonchev–Trinajstić information content (AvgIpc) is 2.37. The highest BCUT2D eigenvalue weighted by Gasteiger charge is 2.30. The van der Waals surface area contributed by atoms with Crippen LogP contribution in [0.2, 0.25) is 0 Å². The Balaban J connectivity index is 2.54. The fraction of sp³-hybridized carbons (Fsp3) is 0.846. The van der Waals surface area contributed by atoms with Gasteiger partial charge in [0.25, 0.3) is 0 Å². The Hall–Kier alpha value is -1.06. The van der Waals surface area contributed by atoms with Crippen molar-refractivity contribution in [2.24, 2.45) is 11.8 Å². The van der Waals surface area contributed by atoms with Crippen LogP contribution in [0.3, 0.4) is 0 Å². The Morgan fingerprint density at radius 3 is 2.76 bits per heavy atom. The highest BCUT2D eigenvalue weighted by atomic mass is 16.5. The second-order valence-corrected chi connectivity index (χ2v) is 4.84. The van der Waals surface area contributed by atoms with Crippen molar-refractivity contribution in [3.63, 3.8) is 0 Å². The van der Waals surface area contributed by atoms with E-state index in [1.807, 2.05) is 11.8 Å². The van der Waals surface area contributed by atoms with E-state index in [0.29, 0.717) is 6.54 Å². The molecule has 1 rings (SSSR count). The molecule has 4 heteroatoms. The van der Waals surface area contributed by atoms with Crippen molar-refractivity contribution in [2.75, 3.05) is 20.2 Å². The molecule has 0 bridgehead atoms. The second kappa shape index (κ2) is 6.62. The molecule has 0 saturated carbocycles. The third-order valence-corrected chi connectivity index (χ3v) is 3.41. The minimum atomic E-state index is -0.189. The predicted molar refractivity (Wildman–Crippen MR) is 65.4 cm³/mol. The molecule has 1 amide bonds. The molecule has 0 aromatic rings. The van der Waals surface area contributed by atoms with E-state index < -0.39 is 0 Å². The number of likely N-dealkylation sites (tertiary alicyclic amines) is 1. The number of esters is 1. The first-order chi connectivity index (χ1) is 8.10. The third kappa shape index (κ3) is 3.72. The van der Waals surface area contributed by atoms with E-state index in [0.717, 1.165) is 32.2 Å². The zero-order valence-corrected chi connectivity index (χ0v) is 11.1. The van der Waals surface area contributed by atoms with Crippen LogP contribution in [0, 0.1) is 11.8 Å². The summed E-state index contributed by atoms with van der Waals surface area (Å²) in [6.07, 6.45) is 3.66. The van der Waals surface area contributed by atoms with Gasteiger partial charge in [-0.15, -0.1) is 0 Å². The SMILES string of the molecule is CCCC(C)C(=O)N1CCCC(C(=O)OC)C1. The summed E-state index contributed by atoms with van der Waals surface area (Å²) in [5.41, 5.74) is 0. The largest absolute Gasteiger partial charge is 0.469 e. The average molecular weight is 241 g/mol. The molecule has 4 nitrogen and oxygen atoms in total. The van der Waals surface area contributed by atoms with E-state index in [9.17, 15) is 9.59 Å². The van der Waals surface area contributed by atoms with E-state index in [-0.39, 0.29) is 23.7 Å². The number of hydrogen-bond acceptors (Lipinski definition) is 3. The van der Waals surface area contributed by atoms with Crippen molar-refractivity contribution in [1.82, 2.24) is 4.90 Å². The Kier molecular flexibility index (Phi) is 5.45. The van der Waals surface area contributed by atoms with Crippen LogP contribution in [0.25, 0.3) is 0 Å². The standard InChI is InChI=1S/C13H23NO3/c1-4-6-10(2)12(15)14-8-5-7-11(9-14)13(16)17-3/h10-11H,4-9H2,1-3H3. The topological polar surface area (TPSA) is 46.6 Å². The smallest absolute Gasteiger partial charge is 0.310 e. The molecular weight excluding hydrogens is 218 g/mol. The van der Waals surface area contributed by atoms with E-state index in [1.165, 1.54) is 7.11 Å². The van der Waals surface area contributed by atoms with Crippen LogP contribution in [0.5, 0.6) is 0 Å². The molecule has 17 heavy (non-hydrogen) atoms. The highest BCUT2D eigenvalue weighted by molar-refractivity contribution is 5.80. The molecule has 0 spiro atoms. The predicted octanol–water partition coefficient (Wildman–Crippen LogP) is 1.83. The maximum Gasteiger partial charge on any atom is 0.310 e. The Morgan fingerprint density at radius 2 is 2.18 bits per heavy atom. The summed E-state index contributed by atoms with van der Waals surface area (Å²) in [7, 11) is 1.41. The quantitative estimate of drug-likeness (QED) is 0.705. The molecule has 1 aliphatic heterocycles. The van der Waals surface area contributed by atoms with Gasteiger partial charge in [-0.25, -0.2) is 0 Å². The van der Waals surface area contributed by atoms with E-state index in [2.05, 4.69) is 6.92 Å². The maximum atomic E-state index is 12.1. The number of piperidine rings is 1. The summed E-state index contributed by atoms with van der Waals surface area (Å²) < 4.78 is 4.75. The van der Waals surface area contributed by atoms with Gasteiger partial charge < -0.3 is 9.64 Å². The summed E-state index contributed by atoms with van der Waals surface area (Å²) in [6, 6.07) is 0. The van der Waals surface area contributed by atoms with Crippen molar-refractivity contribution >= 4 is 11.9 Å². The molecule has 2 unspecified atom stereocenters. The lowest BCUT2D eigenvalue weighted by atomic mass is 9.96. The summed E-state index contributed by atoms with van der Waals surface area (Å²) in [5.74, 6) is -0.0750. The summed E-state index contributed by atoms with van der Waals surface area (Å²) in [5, 5.41) is 0. The maximum absolute atomic E-state index is 12.1. The number of amides is 1. The molecule has 98 valence electrons. The van der Waals surface area contributed by atoms with Gasteiger partial charge in [0.2, 0.25) is 5.91 Å². The molecule has 1 heterocycles. The molecule has 0 N–H and O–H groups in total. The summed E-state index contributed by atoms with van der Waals surface area (Å²) in [4.78, 5) is 25.4. The monoisotopic (exact) mass is 241 g/mol. The van der Waals surface area contributed by atoms with Crippen LogP contribution in [-0.2, 0) is 14.3 Å². The molecule has 0 aliphatic carbocycles. The third-order valence-electron chi connectivity index (χ3n) is 3.41.